The zero-order chi connectivity index (χ0) is 15.0. The van der Waals surface area contributed by atoms with Crippen LogP contribution in [-0.2, 0) is 9.53 Å². The van der Waals surface area contributed by atoms with E-state index in [-0.39, 0.29) is 11.6 Å². The summed E-state index contributed by atoms with van der Waals surface area (Å²) in [6.07, 6.45) is 0.594. The van der Waals surface area contributed by atoms with Gasteiger partial charge in [-0.15, -0.1) is 0 Å². The molecule has 110 valence electrons. The van der Waals surface area contributed by atoms with Crippen LogP contribution in [0.1, 0.15) is 12.0 Å². The highest BCUT2D eigenvalue weighted by Gasteiger charge is 2.33. The highest BCUT2D eigenvalue weighted by Crippen LogP contribution is 2.39. The van der Waals surface area contributed by atoms with Gasteiger partial charge in [0.05, 0.1) is 29.4 Å². The maximum Gasteiger partial charge on any atom is 0.270 e. The van der Waals surface area contributed by atoms with Crippen LogP contribution in [0.3, 0.4) is 0 Å². The number of nitro benzene ring substituents is 1. The molecule has 1 amide bonds. The van der Waals surface area contributed by atoms with Crippen molar-refractivity contribution in [2.24, 2.45) is 0 Å². The molecule has 0 spiro atoms. The molecule has 1 fully saturated rings. The summed E-state index contributed by atoms with van der Waals surface area (Å²) in [5, 5.41) is 14.2. The third-order valence-electron chi connectivity index (χ3n) is 3.72. The van der Waals surface area contributed by atoms with Crippen molar-refractivity contribution in [3.63, 3.8) is 0 Å². The maximum atomic E-state index is 12.5. The molecule has 2 aliphatic rings. The van der Waals surface area contributed by atoms with Crippen LogP contribution in [0.15, 0.2) is 23.9 Å². The van der Waals surface area contributed by atoms with Gasteiger partial charge in [-0.1, -0.05) is 0 Å². The fourth-order valence-corrected chi connectivity index (χ4v) is 2.67. The van der Waals surface area contributed by atoms with Crippen molar-refractivity contribution in [2.45, 2.75) is 6.42 Å². The molecule has 1 saturated heterocycles. The first-order chi connectivity index (χ1) is 10.1. The molecule has 0 unspecified atom stereocenters. The topological polar surface area (TPSA) is 84.7 Å². The van der Waals surface area contributed by atoms with Crippen molar-refractivity contribution >= 4 is 22.9 Å². The van der Waals surface area contributed by atoms with Crippen LogP contribution < -0.4 is 10.2 Å². The van der Waals surface area contributed by atoms with Gasteiger partial charge in [0.15, 0.2) is 0 Å². The highest BCUT2D eigenvalue weighted by atomic mass is 16.6. The van der Waals surface area contributed by atoms with Gasteiger partial charge < -0.3 is 15.0 Å². The number of benzene rings is 1. The van der Waals surface area contributed by atoms with Crippen LogP contribution >= 0.6 is 0 Å². The molecular weight excluding hydrogens is 274 g/mol. The van der Waals surface area contributed by atoms with Gasteiger partial charge >= 0.3 is 0 Å². The zero-order valence-corrected chi connectivity index (χ0v) is 11.6. The first-order valence-electron chi connectivity index (χ1n) is 6.71. The maximum absolute atomic E-state index is 12.5. The molecule has 0 bridgehead atoms. The number of likely N-dealkylation sites (N-methyl/N-ethyl adjacent to an activating group) is 1. The van der Waals surface area contributed by atoms with Crippen molar-refractivity contribution in [3.8, 4) is 0 Å². The summed E-state index contributed by atoms with van der Waals surface area (Å²) in [4.78, 5) is 24.5. The van der Waals surface area contributed by atoms with Crippen LogP contribution in [0.25, 0.3) is 5.57 Å². The summed E-state index contributed by atoms with van der Waals surface area (Å²) in [7, 11) is 1.67. The number of nitrogens with zero attached hydrogens (tertiary/aromatic N) is 2. The second kappa shape index (κ2) is 5.17. The van der Waals surface area contributed by atoms with E-state index < -0.39 is 4.92 Å². The molecule has 2 heterocycles. The van der Waals surface area contributed by atoms with E-state index >= 15 is 0 Å². The molecule has 7 heteroatoms. The Labute approximate surface area is 121 Å². The van der Waals surface area contributed by atoms with E-state index in [0.717, 1.165) is 5.70 Å². The Balaban J connectivity index is 2.15. The minimum atomic E-state index is -0.449. The van der Waals surface area contributed by atoms with Gasteiger partial charge in [0.25, 0.3) is 11.6 Å². The third kappa shape index (κ3) is 2.25. The number of carbonyl (C=O) groups excluding carboxylic acids is 1. The molecule has 0 atom stereocenters. The summed E-state index contributed by atoms with van der Waals surface area (Å²) >= 11 is 0. The van der Waals surface area contributed by atoms with Gasteiger partial charge in [-0.3, -0.25) is 14.9 Å². The SMILES string of the molecule is CN1C(=O)/C(=C2/CCOCCN2)c2cc([N+](=O)[O-])ccc21. The van der Waals surface area contributed by atoms with E-state index in [9.17, 15) is 14.9 Å². The van der Waals surface area contributed by atoms with Crippen molar-refractivity contribution in [2.75, 3.05) is 31.7 Å². The number of nitrogens with one attached hydrogen (secondary N) is 1. The second-order valence-electron chi connectivity index (χ2n) is 4.97. The van der Waals surface area contributed by atoms with E-state index in [1.54, 1.807) is 13.1 Å². The number of nitro groups is 1. The van der Waals surface area contributed by atoms with Gasteiger partial charge in [-0.05, 0) is 6.07 Å². The average molecular weight is 289 g/mol. The molecular formula is C14H15N3O4. The Hall–Kier alpha value is -2.41. The number of rotatable bonds is 1. The van der Waals surface area contributed by atoms with Crippen molar-refractivity contribution in [3.05, 3.63) is 39.6 Å². The quantitative estimate of drug-likeness (QED) is 0.478. The molecule has 21 heavy (non-hydrogen) atoms. The number of amides is 1. The lowest BCUT2D eigenvalue weighted by Gasteiger charge is -2.10. The number of fused-ring (bicyclic) bond motifs is 1. The minimum Gasteiger partial charge on any atom is -0.385 e. The number of ether oxygens (including phenoxy) is 1. The Morgan fingerprint density at radius 3 is 2.95 bits per heavy atom. The smallest absolute Gasteiger partial charge is 0.270 e. The minimum absolute atomic E-state index is 0.0141. The highest BCUT2D eigenvalue weighted by molar-refractivity contribution is 6.33. The van der Waals surface area contributed by atoms with Crippen LogP contribution in [0.2, 0.25) is 0 Å². The predicted molar refractivity (Wildman–Crippen MR) is 76.9 cm³/mol. The molecule has 7 nitrogen and oxygen atoms in total. The first kappa shape index (κ1) is 13.6. The fourth-order valence-electron chi connectivity index (χ4n) is 2.67. The number of hydrogen-bond donors (Lipinski definition) is 1. The van der Waals surface area contributed by atoms with E-state index in [0.29, 0.717) is 43.0 Å². The normalized spacial score (nSPS) is 21.8. The third-order valence-corrected chi connectivity index (χ3v) is 3.72. The van der Waals surface area contributed by atoms with Gasteiger partial charge in [0, 0.05) is 43.4 Å². The van der Waals surface area contributed by atoms with E-state index in [1.807, 2.05) is 0 Å². The van der Waals surface area contributed by atoms with Crippen LogP contribution in [0, 0.1) is 10.1 Å². The number of carbonyl (C=O) groups is 1. The van der Waals surface area contributed by atoms with E-state index in [1.165, 1.54) is 17.0 Å². The Morgan fingerprint density at radius 2 is 2.19 bits per heavy atom. The summed E-state index contributed by atoms with van der Waals surface area (Å²) < 4.78 is 5.37. The monoisotopic (exact) mass is 289 g/mol. The summed E-state index contributed by atoms with van der Waals surface area (Å²) in [6.45, 7) is 1.75. The van der Waals surface area contributed by atoms with Crippen molar-refractivity contribution < 1.29 is 14.5 Å². The van der Waals surface area contributed by atoms with E-state index in [2.05, 4.69) is 5.32 Å². The molecule has 0 saturated carbocycles. The lowest BCUT2D eigenvalue weighted by atomic mass is 10.0. The number of non-ortho nitro benzene ring substituents is 1. The van der Waals surface area contributed by atoms with Crippen LogP contribution in [0.5, 0.6) is 0 Å². The van der Waals surface area contributed by atoms with Gasteiger partial charge in [-0.2, -0.15) is 0 Å². The average Bonchev–Trinajstić information content (AvgIpc) is 2.67. The summed E-state index contributed by atoms with van der Waals surface area (Å²) in [5.41, 5.74) is 2.60. The predicted octanol–water partition coefficient (Wildman–Crippen LogP) is 1.29. The molecule has 1 N–H and O–H groups in total. The summed E-state index contributed by atoms with van der Waals surface area (Å²) in [6, 6.07) is 4.50. The molecule has 0 aromatic heterocycles. The number of hydrogen-bond acceptors (Lipinski definition) is 5. The molecule has 3 rings (SSSR count). The fraction of sp³-hybridized carbons (Fsp3) is 0.357. The molecule has 2 aliphatic heterocycles. The lowest BCUT2D eigenvalue weighted by molar-refractivity contribution is -0.384. The molecule has 0 radical (unpaired) electrons. The number of anilines is 1. The van der Waals surface area contributed by atoms with E-state index in [4.69, 9.17) is 4.74 Å². The molecule has 1 aromatic rings. The molecule has 0 aliphatic carbocycles. The Morgan fingerprint density at radius 1 is 1.38 bits per heavy atom. The van der Waals surface area contributed by atoms with Gasteiger partial charge in [-0.25, -0.2) is 0 Å². The largest absolute Gasteiger partial charge is 0.385 e. The second-order valence-corrected chi connectivity index (χ2v) is 4.97. The van der Waals surface area contributed by atoms with Crippen molar-refractivity contribution in [1.29, 1.82) is 0 Å². The standard InChI is InChI=1S/C14H15N3O4/c1-16-12-3-2-9(17(19)20)8-10(12)13(14(16)18)11-4-6-21-7-5-15-11/h2-3,8,15H,4-7H2,1H3/b13-11-. The summed E-state index contributed by atoms with van der Waals surface area (Å²) in [5.74, 6) is -0.144. The van der Waals surface area contributed by atoms with Crippen LogP contribution in [0.4, 0.5) is 11.4 Å². The molecule has 1 aromatic carbocycles. The Kier molecular flexibility index (Phi) is 3.34. The van der Waals surface area contributed by atoms with Gasteiger partial charge in [0.2, 0.25) is 0 Å². The Bertz CT molecular complexity index is 644. The first-order valence-corrected chi connectivity index (χ1v) is 6.71. The van der Waals surface area contributed by atoms with Gasteiger partial charge in [0.1, 0.15) is 0 Å². The van der Waals surface area contributed by atoms with Crippen LogP contribution in [-0.4, -0.2) is 37.6 Å². The van der Waals surface area contributed by atoms with Crippen molar-refractivity contribution in [1.82, 2.24) is 5.32 Å². The lowest BCUT2D eigenvalue weighted by Crippen LogP contribution is -2.24. The zero-order valence-electron chi connectivity index (χ0n) is 11.6.